The maximum absolute atomic E-state index is 13.0. The molecule has 1 aliphatic rings. The first-order valence-electron chi connectivity index (χ1n) is 10.2. The summed E-state index contributed by atoms with van der Waals surface area (Å²) in [6, 6.07) is 11.9. The van der Waals surface area contributed by atoms with Crippen LogP contribution in [0.4, 0.5) is 5.82 Å². The van der Waals surface area contributed by atoms with E-state index in [0.717, 1.165) is 37.3 Å². The number of nitrogens with one attached hydrogen (secondary N) is 2. The van der Waals surface area contributed by atoms with Gasteiger partial charge in [0.25, 0.3) is 5.91 Å². The van der Waals surface area contributed by atoms with E-state index in [9.17, 15) is 4.79 Å². The minimum Gasteiger partial charge on any atom is -0.317 e. The normalized spacial score (nSPS) is 14.8. The van der Waals surface area contributed by atoms with Gasteiger partial charge in [0, 0.05) is 24.4 Å². The summed E-state index contributed by atoms with van der Waals surface area (Å²) in [5.74, 6) is 0.708. The summed E-state index contributed by atoms with van der Waals surface area (Å²) in [7, 11) is 0. The Hall–Kier alpha value is -3.52. The fourth-order valence-electron chi connectivity index (χ4n) is 3.86. The minimum atomic E-state index is -0.304. The van der Waals surface area contributed by atoms with E-state index in [0.29, 0.717) is 17.4 Å². The van der Waals surface area contributed by atoms with Crippen LogP contribution in [0.15, 0.2) is 55.1 Å². The Balaban J connectivity index is 1.51. The first-order valence-corrected chi connectivity index (χ1v) is 10.2. The van der Waals surface area contributed by atoms with Crippen molar-refractivity contribution >= 4 is 17.4 Å². The molecule has 0 saturated carbocycles. The van der Waals surface area contributed by atoms with E-state index in [-0.39, 0.29) is 11.6 Å². The molecule has 4 heterocycles. The highest BCUT2D eigenvalue weighted by atomic mass is 16.2. The molecule has 0 aliphatic carbocycles. The van der Waals surface area contributed by atoms with E-state index in [1.807, 2.05) is 43.5 Å². The van der Waals surface area contributed by atoms with Crippen molar-refractivity contribution in [3.05, 3.63) is 72.1 Å². The molecule has 4 aromatic rings. The number of fused-ring (bicyclic) bond motifs is 1. The van der Waals surface area contributed by atoms with Gasteiger partial charge in [-0.25, -0.2) is 14.6 Å². The molecular formula is C22H23N7O. The maximum atomic E-state index is 13.0. The Labute approximate surface area is 174 Å². The number of carbonyl (C=O) groups excluding carboxylic acids is 1. The van der Waals surface area contributed by atoms with Gasteiger partial charge in [-0.05, 0) is 51.1 Å². The zero-order valence-electron chi connectivity index (χ0n) is 16.7. The molecule has 0 unspecified atom stereocenters. The van der Waals surface area contributed by atoms with Crippen molar-refractivity contribution in [1.29, 1.82) is 0 Å². The number of amides is 1. The predicted molar refractivity (Wildman–Crippen MR) is 114 cm³/mol. The third kappa shape index (κ3) is 3.46. The highest BCUT2D eigenvalue weighted by molar-refractivity contribution is 6.06. The number of imidazole rings is 1. The number of aromatic nitrogens is 5. The molecule has 3 aromatic heterocycles. The highest BCUT2D eigenvalue weighted by Crippen LogP contribution is 2.28. The molecule has 152 valence electrons. The second kappa shape index (κ2) is 7.72. The van der Waals surface area contributed by atoms with Gasteiger partial charge in [-0.1, -0.05) is 17.7 Å². The topological polar surface area (TPSA) is 89.1 Å². The van der Waals surface area contributed by atoms with Crippen LogP contribution < -0.4 is 10.6 Å². The molecule has 8 nitrogen and oxygen atoms in total. The van der Waals surface area contributed by atoms with Crippen LogP contribution >= 0.6 is 0 Å². The largest absolute Gasteiger partial charge is 0.317 e. The molecule has 0 spiro atoms. The fraction of sp³-hybridized carbons (Fsp3) is 0.273. The predicted octanol–water partition coefficient (Wildman–Crippen LogP) is 2.94. The Bertz CT molecular complexity index is 1190. The number of benzene rings is 1. The minimum absolute atomic E-state index is 0.288. The van der Waals surface area contributed by atoms with Crippen molar-refractivity contribution in [1.82, 2.24) is 29.5 Å². The molecule has 8 heteroatoms. The number of anilines is 1. The van der Waals surface area contributed by atoms with Gasteiger partial charge in [0.1, 0.15) is 12.1 Å². The summed E-state index contributed by atoms with van der Waals surface area (Å²) in [5.41, 5.74) is 3.89. The van der Waals surface area contributed by atoms with Crippen LogP contribution in [-0.4, -0.2) is 43.1 Å². The van der Waals surface area contributed by atoms with Crippen LogP contribution in [0.1, 0.15) is 40.5 Å². The van der Waals surface area contributed by atoms with Crippen molar-refractivity contribution in [2.24, 2.45) is 0 Å². The zero-order chi connectivity index (χ0) is 20.5. The lowest BCUT2D eigenvalue weighted by atomic mass is 9.95. The van der Waals surface area contributed by atoms with Gasteiger partial charge >= 0.3 is 0 Å². The second-order valence-corrected chi connectivity index (χ2v) is 7.62. The van der Waals surface area contributed by atoms with E-state index in [1.165, 1.54) is 5.56 Å². The molecule has 1 amide bonds. The lowest BCUT2D eigenvalue weighted by molar-refractivity contribution is 0.102. The van der Waals surface area contributed by atoms with Crippen molar-refractivity contribution in [2.45, 2.75) is 25.7 Å². The summed E-state index contributed by atoms with van der Waals surface area (Å²) >= 11 is 0. The molecule has 2 N–H and O–H groups in total. The molecule has 1 saturated heterocycles. The smallest absolute Gasteiger partial charge is 0.279 e. The van der Waals surface area contributed by atoms with Crippen LogP contribution in [0.25, 0.3) is 11.3 Å². The standard InChI is InChI=1S/C22H23N7O/c1-15-3-5-17(6-4-15)29-19(13-18(27-29)16-7-10-23-11-8-16)26-22(30)20-21-24-9-2-12-28(21)14-25-20/h2-6,9,12-14,16,23H,7-8,10-11H2,1H3,(H,26,30). The summed E-state index contributed by atoms with van der Waals surface area (Å²) < 4.78 is 3.53. The summed E-state index contributed by atoms with van der Waals surface area (Å²) in [5, 5.41) is 11.3. The first kappa shape index (κ1) is 18.5. The Morgan fingerprint density at radius 1 is 1.17 bits per heavy atom. The third-order valence-electron chi connectivity index (χ3n) is 5.52. The molecule has 1 fully saturated rings. The van der Waals surface area contributed by atoms with Gasteiger partial charge in [0.15, 0.2) is 11.3 Å². The zero-order valence-corrected chi connectivity index (χ0v) is 16.7. The number of aryl methyl sites for hydroxylation is 1. The Kier molecular flexibility index (Phi) is 4.76. The van der Waals surface area contributed by atoms with Crippen molar-refractivity contribution in [3.8, 4) is 5.69 Å². The highest BCUT2D eigenvalue weighted by Gasteiger charge is 2.23. The van der Waals surface area contributed by atoms with Crippen molar-refractivity contribution in [3.63, 3.8) is 0 Å². The van der Waals surface area contributed by atoms with E-state index < -0.39 is 0 Å². The van der Waals surface area contributed by atoms with Gasteiger partial charge in [-0.15, -0.1) is 0 Å². The fourth-order valence-corrected chi connectivity index (χ4v) is 3.86. The summed E-state index contributed by atoms with van der Waals surface area (Å²) in [4.78, 5) is 21.6. The second-order valence-electron chi connectivity index (χ2n) is 7.62. The van der Waals surface area contributed by atoms with E-state index in [4.69, 9.17) is 5.10 Å². The lowest BCUT2D eigenvalue weighted by Crippen LogP contribution is -2.26. The van der Waals surface area contributed by atoms with Crippen LogP contribution in [0.3, 0.4) is 0 Å². The number of rotatable bonds is 4. The monoisotopic (exact) mass is 401 g/mol. The van der Waals surface area contributed by atoms with Crippen molar-refractivity contribution < 1.29 is 4.79 Å². The maximum Gasteiger partial charge on any atom is 0.279 e. The molecule has 0 bridgehead atoms. The molecule has 5 rings (SSSR count). The van der Waals surface area contributed by atoms with Gasteiger partial charge < -0.3 is 10.6 Å². The quantitative estimate of drug-likeness (QED) is 0.549. The Morgan fingerprint density at radius 3 is 2.77 bits per heavy atom. The van der Waals surface area contributed by atoms with Crippen LogP contribution in [-0.2, 0) is 0 Å². The van der Waals surface area contributed by atoms with E-state index in [2.05, 4.69) is 20.6 Å². The average molecular weight is 401 g/mol. The third-order valence-corrected chi connectivity index (χ3v) is 5.52. The summed E-state index contributed by atoms with van der Waals surface area (Å²) in [6.07, 6.45) is 7.13. The average Bonchev–Trinajstić information content (AvgIpc) is 3.39. The Morgan fingerprint density at radius 2 is 1.97 bits per heavy atom. The van der Waals surface area contributed by atoms with Crippen molar-refractivity contribution in [2.75, 3.05) is 18.4 Å². The first-order chi connectivity index (χ1) is 14.7. The van der Waals surface area contributed by atoms with Gasteiger partial charge in [-0.2, -0.15) is 5.10 Å². The van der Waals surface area contributed by atoms with E-state index in [1.54, 1.807) is 27.7 Å². The molecule has 1 aliphatic heterocycles. The molecule has 0 radical (unpaired) electrons. The molecule has 0 atom stereocenters. The van der Waals surface area contributed by atoms with Gasteiger partial charge in [0.2, 0.25) is 0 Å². The molecule has 1 aromatic carbocycles. The van der Waals surface area contributed by atoms with Crippen LogP contribution in [0, 0.1) is 6.92 Å². The van der Waals surface area contributed by atoms with Gasteiger partial charge in [0.05, 0.1) is 11.4 Å². The number of carbonyl (C=O) groups is 1. The number of hydrogen-bond acceptors (Lipinski definition) is 5. The molecule has 30 heavy (non-hydrogen) atoms. The summed E-state index contributed by atoms with van der Waals surface area (Å²) in [6.45, 7) is 4.01. The van der Waals surface area contributed by atoms with Gasteiger partial charge in [-0.3, -0.25) is 9.20 Å². The van der Waals surface area contributed by atoms with E-state index >= 15 is 0 Å². The van der Waals surface area contributed by atoms with Crippen LogP contribution in [0.5, 0.6) is 0 Å². The number of nitrogens with zero attached hydrogens (tertiary/aromatic N) is 5. The molecular weight excluding hydrogens is 378 g/mol. The number of hydrogen-bond donors (Lipinski definition) is 2. The lowest BCUT2D eigenvalue weighted by Gasteiger charge is -2.20. The SMILES string of the molecule is Cc1ccc(-n2nc(C3CCNCC3)cc2NC(=O)c2ncn3cccnc23)cc1. The number of piperidine rings is 1. The van der Waals surface area contributed by atoms with Crippen LogP contribution in [0.2, 0.25) is 0 Å².